The molecule has 1 heterocycles. The minimum absolute atomic E-state index is 0.000000000000000222. The maximum atomic E-state index is 5.68. The van der Waals surface area contributed by atoms with E-state index in [0.29, 0.717) is 19.1 Å². The minimum atomic E-state index is -2.77. The molecule has 0 aliphatic carbocycles. The fourth-order valence-corrected chi connectivity index (χ4v) is 3.38. The zero-order chi connectivity index (χ0) is 18.0. The van der Waals surface area contributed by atoms with Crippen molar-refractivity contribution < 1.29 is 13.6 Å². The summed E-state index contributed by atoms with van der Waals surface area (Å²) in [5.41, 5.74) is 10.1. The first-order chi connectivity index (χ1) is 10.6. The molecule has 7 nitrogen and oxygen atoms in total. The lowest BCUT2D eigenvalue weighted by Gasteiger charge is -2.20. The predicted octanol–water partition coefficient (Wildman–Crippen LogP) is 2.77. The van der Waals surface area contributed by atoms with Gasteiger partial charge in [0.1, 0.15) is 5.82 Å². The molecule has 132 valence electrons. The average molecular weight is 380 g/mol. The van der Waals surface area contributed by atoms with Gasteiger partial charge in [0.2, 0.25) is 5.88 Å². The summed E-state index contributed by atoms with van der Waals surface area (Å²) in [7, 11) is 0. The Morgan fingerprint density at radius 1 is 1.22 bits per heavy atom. The van der Waals surface area contributed by atoms with Gasteiger partial charge in [-0.25, -0.2) is 4.98 Å². The Morgan fingerprint density at radius 3 is 2.09 bits per heavy atom. The molecule has 0 aliphatic heterocycles. The third kappa shape index (κ3) is 9.78. The predicted molar refractivity (Wildman–Crippen MR) is 100.0 cm³/mol. The van der Waals surface area contributed by atoms with Crippen LogP contribution >= 0.6 is 18.9 Å². The molecule has 0 saturated heterocycles. The second kappa shape index (κ2) is 10.8. The van der Waals surface area contributed by atoms with E-state index >= 15 is 0 Å². The summed E-state index contributed by atoms with van der Waals surface area (Å²) in [6, 6.07) is 1.74. The van der Waals surface area contributed by atoms with Crippen molar-refractivity contribution in [2.75, 3.05) is 13.2 Å². The molecule has 0 unspecified atom stereocenters. The fraction of sp³-hybridized carbons (Fsp3) is 0.615. The van der Waals surface area contributed by atoms with E-state index in [0.717, 1.165) is 11.5 Å². The molecule has 0 aliphatic rings. The molecule has 0 radical (unpaired) electrons. The lowest BCUT2D eigenvalue weighted by molar-refractivity contribution is 0.215. The normalized spacial score (nSPS) is 10.9. The summed E-state index contributed by atoms with van der Waals surface area (Å²) in [5.74, 6) is 1.37. The van der Waals surface area contributed by atoms with Crippen molar-refractivity contribution in [3.05, 3.63) is 17.6 Å². The van der Waals surface area contributed by atoms with Gasteiger partial charge in [0.05, 0.1) is 13.2 Å². The fourth-order valence-electron chi connectivity index (χ4n) is 1.39. The van der Waals surface area contributed by atoms with Gasteiger partial charge in [-0.1, -0.05) is 13.8 Å². The molecule has 0 amide bonds. The zero-order valence-corrected chi connectivity index (χ0v) is 16.6. The number of thiocarbonyl (C=S) groups is 1. The number of rotatable bonds is 7. The smallest absolute Gasteiger partial charge is 0.381 e. The number of aromatic nitrogens is 2. The van der Waals surface area contributed by atoms with Crippen LogP contribution < -0.4 is 16.0 Å². The minimum Gasteiger partial charge on any atom is -0.406 e. The molecule has 23 heavy (non-hydrogen) atoms. The highest BCUT2D eigenvalue weighted by Crippen LogP contribution is 2.49. The second-order valence-electron chi connectivity index (χ2n) is 4.64. The van der Waals surface area contributed by atoms with E-state index in [1.54, 1.807) is 6.07 Å². The van der Waals surface area contributed by atoms with Gasteiger partial charge in [-0.05, 0) is 33.0 Å². The summed E-state index contributed by atoms with van der Waals surface area (Å²) < 4.78 is 16.6. The summed E-state index contributed by atoms with van der Waals surface area (Å²) in [4.78, 5) is 8.71. The zero-order valence-electron chi connectivity index (χ0n) is 14.1. The van der Waals surface area contributed by atoms with Crippen LogP contribution in [0.1, 0.15) is 45.1 Å². The third-order valence-corrected chi connectivity index (χ3v) is 4.56. The van der Waals surface area contributed by atoms with E-state index in [9.17, 15) is 0 Å². The van der Waals surface area contributed by atoms with E-state index in [-0.39, 0.29) is 11.0 Å². The maximum absolute atomic E-state index is 5.68. The highest BCUT2D eigenvalue weighted by Gasteiger charge is 2.22. The quantitative estimate of drug-likeness (QED) is 0.545. The Labute approximate surface area is 148 Å². The molecular formula is C13H25N4O3PS2. The number of nitrogens with zero attached hydrogens (tertiary/aromatic N) is 2. The number of hydrogen-bond donors (Lipinski definition) is 2. The van der Waals surface area contributed by atoms with Gasteiger partial charge in [0.25, 0.3) is 0 Å². The molecule has 0 spiro atoms. The van der Waals surface area contributed by atoms with Crippen molar-refractivity contribution in [3.63, 3.8) is 0 Å². The highest BCUT2D eigenvalue weighted by molar-refractivity contribution is 8.07. The first-order valence-electron chi connectivity index (χ1n) is 7.12. The van der Waals surface area contributed by atoms with Gasteiger partial charge < -0.3 is 16.0 Å². The second-order valence-corrected chi connectivity index (χ2v) is 8.04. The van der Waals surface area contributed by atoms with Gasteiger partial charge in [-0.3, -0.25) is 9.05 Å². The maximum Gasteiger partial charge on any atom is 0.381 e. The molecular weight excluding hydrogens is 355 g/mol. The van der Waals surface area contributed by atoms with Crippen molar-refractivity contribution in [1.82, 2.24) is 9.97 Å². The largest absolute Gasteiger partial charge is 0.406 e. The van der Waals surface area contributed by atoms with Crippen LogP contribution in [-0.4, -0.2) is 28.3 Å². The molecule has 0 bridgehead atoms. The van der Waals surface area contributed by atoms with Crippen molar-refractivity contribution in [1.29, 1.82) is 0 Å². The Morgan fingerprint density at radius 2 is 1.70 bits per heavy atom. The molecule has 10 heteroatoms. The average Bonchev–Trinajstić information content (AvgIpc) is 2.37. The third-order valence-electron chi connectivity index (χ3n) is 2.14. The van der Waals surface area contributed by atoms with E-state index in [4.69, 9.17) is 25.4 Å². The van der Waals surface area contributed by atoms with E-state index in [1.807, 2.05) is 34.6 Å². The SMILES string of the molecule is CCOP(=S)(OCC)Oc1cc(C)nc(C(C)C)n1.NC(N)=S. The van der Waals surface area contributed by atoms with Crippen molar-refractivity contribution in [2.24, 2.45) is 11.5 Å². The van der Waals surface area contributed by atoms with Crippen molar-refractivity contribution in [3.8, 4) is 5.88 Å². The van der Waals surface area contributed by atoms with Crippen LogP contribution in [0.5, 0.6) is 5.88 Å². The molecule has 1 rings (SSSR count). The molecule has 0 saturated carbocycles. The summed E-state index contributed by atoms with van der Waals surface area (Å²) in [6.07, 6.45) is 0. The molecule has 0 aromatic carbocycles. The van der Waals surface area contributed by atoms with Gasteiger partial charge in [-0.2, -0.15) is 4.98 Å². The molecule has 4 N–H and O–H groups in total. The van der Waals surface area contributed by atoms with Crippen LogP contribution in [-0.2, 0) is 20.9 Å². The van der Waals surface area contributed by atoms with Crippen molar-refractivity contribution in [2.45, 2.75) is 40.5 Å². The molecule has 0 atom stereocenters. The first-order valence-corrected chi connectivity index (χ1v) is 10.1. The molecule has 1 aromatic rings. The van der Waals surface area contributed by atoms with E-state index < -0.39 is 6.72 Å². The lowest BCUT2D eigenvalue weighted by atomic mass is 10.2. The van der Waals surface area contributed by atoms with Crippen LogP contribution in [0.3, 0.4) is 0 Å². The number of nitrogens with two attached hydrogens (primary N) is 2. The van der Waals surface area contributed by atoms with Gasteiger partial charge in [-0.15, -0.1) is 0 Å². The van der Waals surface area contributed by atoms with Gasteiger partial charge >= 0.3 is 6.72 Å². The Kier molecular flexibility index (Phi) is 10.4. The Hall–Kier alpha value is -0.860. The molecule has 1 aromatic heterocycles. The Balaban J connectivity index is 0.00000108. The number of aryl methyl sites for hydroxylation is 1. The summed E-state index contributed by atoms with van der Waals surface area (Å²) in [6.45, 7) is 7.78. The van der Waals surface area contributed by atoms with Crippen LogP contribution in [0.15, 0.2) is 6.07 Å². The first kappa shape index (κ1) is 22.1. The summed E-state index contributed by atoms with van der Waals surface area (Å²) in [5, 5.41) is 0.000000000000000222. The topological polar surface area (TPSA) is 106 Å². The monoisotopic (exact) mass is 380 g/mol. The van der Waals surface area contributed by atoms with E-state index in [2.05, 4.69) is 33.7 Å². The number of hydrogen-bond acceptors (Lipinski definition) is 7. The van der Waals surface area contributed by atoms with Crippen LogP contribution in [0.2, 0.25) is 0 Å². The van der Waals surface area contributed by atoms with Crippen LogP contribution in [0, 0.1) is 6.92 Å². The Bertz CT molecular complexity index is 544. The standard InChI is InChI=1S/C12H21N2O3PS.CH4N2S/c1-6-15-18(19,16-7-2)17-11-8-10(5)13-12(14-11)9(3)4;2-1(3)4/h8-9H,6-7H2,1-5H3;(H4,2,3,4). The van der Waals surface area contributed by atoms with Crippen molar-refractivity contribution >= 4 is 35.9 Å². The van der Waals surface area contributed by atoms with E-state index in [1.165, 1.54) is 0 Å². The molecule has 0 fully saturated rings. The van der Waals surface area contributed by atoms with Crippen LogP contribution in [0.25, 0.3) is 0 Å². The van der Waals surface area contributed by atoms with Gasteiger partial charge in [0.15, 0.2) is 5.11 Å². The highest BCUT2D eigenvalue weighted by atomic mass is 32.5. The summed E-state index contributed by atoms with van der Waals surface area (Å²) >= 11 is 9.41. The van der Waals surface area contributed by atoms with Gasteiger partial charge in [0, 0.05) is 29.5 Å². The lowest BCUT2D eigenvalue weighted by Crippen LogP contribution is -2.18. The van der Waals surface area contributed by atoms with Crippen LogP contribution in [0.4, 0.5) is 0 Å².